The number of hydrogen-bond donors (Lipinski definition) is 0. The van der Waals surface area contributed by atoms with Gasteiger partial charge in [0.1, 0.15) is 5.75 Å². The maximum atomic E-state index is 5.64. The molecule has 1 aromatic rings. The highest BCUT2D eigenvalue weighted by atomic mass is 16.5. The summed E-state index contributed by atoms with van der Waals surface area (Å²) >= 11 is 0. The Morgan fingerprint density at radius 1 is 1.29 bits per heavy atom. The molecule has 3 heteroatoms. The fourth-order valence-corrected chi connectivity index (χ4v) is 1.42. The Balaban J connectivity index is 2.26. The molecule has 0 saturated carbocycles. The average molecular weight is 237 g/mol. The maximum Gasteiger partial charge on any atom is 0.119 e. The lowest BCUT2D eigenvalue weighted by Gasteiger charge is -2.20. The highest BCUT2D eigenvalue weighted by molar-refractivity contribution is 5.27. The predicted octanol–water partition coefficient (Wildman–Crippen LogP) is 2.55. The average Bonchev–Trinajstić information content (AvgIpc) is 2.34. The Morgan fingerprint density at radius 2 is 2.06 bits per heavy atom. The van der Waals surface area contributed by atoms with Gasteiger partial charge in [-0.25, -0.2) is 0 Å². The van der Waals surface area contributed by atoms with E-state index in [1.54, 1.807) is 7.11 Å². The number of benzene rings is 1. The molecule has 0 N–H and O–H groups in total. The van der Waals surface area contributed by atoms with E-state index in [1.807, 2.05) is 18.2 Å². The molecule has 17 heavy (non-hydrogen) atoms. The maximum absolute atomic E-state index is 5.64. The zero-order chi connectivity index (χ0) is 12.7. The minimum Gasteiger partial charge on any atom is -0.497 e. The van der Waals surface area contributed by atoms with Crippen molar-refractivity contribution < 1.29 is 9.47 Å². The number of likely N-dealkylation sites (N-methyl/N-ethyl adjacent to an activating group) is 1. The molecule has 0 heterocycles. The van der Waals surface area contributed by atoms with Crippen molar-refractivity contribution in [2.75, 3.05) is 27.3 Å². The largest absolute Gasteiger partial charge is 0.497 e. The third-order valence-corrected chi connectivity index (χ3v) is 2.87. The molecule has 0 aromatic heterocycles. The van der Waals surface area contributed by atoms with E-state index in [2.05, 4.69) is 31.9 Å². The third kappa shape index (κ3) is 5.20. The summed E-state index contributed by atoms with van der Waals surface area (Å²) in [5.41, 5.74) is 1.15. The van der Waals surface area contributed by atoms with Crippen LogP contribution in [0.3, 0.4) is 0 Å². The minimum absolute atomic E-state index is 0.565. The van der Waals surface area contributed by atoms with Crippen LogP contribution in [0.1, 0.15) is 19.4 Å². The molecular weight excluding hydrogens is 214 g/mol. The van der Waals surface area contributed by atoms with E-state index in [0.717, 1.165) is 24.5 Å². The first-order valence-corrected chi connectivity index (χ1v) is 6.04. The lowest BCUT2D eigenvalue weighted by molar-refractivity contribution is 0.0921. The Kier molecular flexibility index (Phi) is 6.01. The third-order valence-electron chi connectivity index (χ3n) is 2.87. The van der Waals surface area contributed by atoms with Gasteiger partial charge >= 0.3 is 0 Å². The molecule has 96 valence electrons. The number of methoxy groups -OCH3 is 1. The summed E-state index contributed by atoms with van der Waals surface area (Å²) in [6.45, 7) is 6.72. The second-order valence-corrected chi connectivity index (χ2v) is 4.48. The van der Waals surface area contributed by atoms with Gasteiger partial charge in [-0.15, -0.1) is 0 Å². The first-order valence-electron chi connectivity index (χ1n) is 6.04. The number of nitrogens with zero attached hydrogens (tertiary/aromatic N) is 1. The van der Waals surface area contributed by atoms with E-state index in [9.17, 15) is 0 Å². The van der Waals surface area contributed by atoms with Crippen molar-refractivity contribution in [1.82, 2.24) is 4.90 Å². The van der Waals surface area contributed by atoms with E-state index in [0.29, 0.717) is 12.6 Å². The van der Waals surface area contributed by atoms with Crippen LogP contribution in [0.4, 0.5) is 0 Å². The van der Waals surface area contributed by atoms with Gasteiger partial charge in [-0.1, -0.05) is 12.1 Å². The summed E-state index contributed by atoms with van der Waals surface area (Å²) in [6.07, 6.45) is 0. The predicted molar refractivity (Wildman–Crippen MR) is 70.4 cm³/mol. The zero-order valence-electron chi connectivity index (χ0n) is 11.3. The first kappa shape index (κ1) is 14.0. The topological polar surface area (TPSA) is 21.7 Å². The number of ether oxygens (including phenoxy) is 2. The monoisotopic (exact) mass is 237 g/mol. The minimum atomic E-state index is 0.565. The van der Waals surface area contributed by atoms with Gasteiger partial charge in [0.2, 0.25) is 0 Å². The molecule has 0 bridgehead atoms. The summed E-state index contributed by atoms with van der Waals surface area (Å²) in [5.74, 6) is 0.880. The van der Waals surface area contributed by atoms with Gasteiger partial charge in [-0.05, 0) is 38.6 Å². The van der Waals surface area contributed by atoms with Crippen LogP contribution in [0, 0.1) is 0 Å². The van der Waals surface area contributed by atoms with Gasteiger partial charge in [-0.3, -0.25) is 0 Å². The first-order chi connectivity index (χ1) is 8.13. The van der Waals surface area contributed by atoms with Crippen molar-refractivity contribution >= 4 is 0 Å². The van der Waals surface area contributed by atoms with E-state index in [1.165, 1.54) is 0 Å². The van der Waals surface area contributed by atoms with Gasteiger partial charge in [0.25, 0.3) is 0 Å². The van der Waals surface area contributed by atoms with Gasteiger partial charge in [0.05, 0.1) is 20.3 Å². The standard InChI is InChI=1S/C14H23NO2/c1-12(2)15(3)8-9-17-11-13-6-5-7-14(10-13)16-4/h5-7,10,12H,8-9,11H2,1-4H3. The van der Waals surface area contributed by atoms with E-state index in [4.69, 9.17) is 9.47 Å². The lowest BCUT2D eigenvalue weighted by Crippen LogP contribution is -2.29. The molecule has 3 nitrogen and oxygen atoms in total. The van der Waals surface area contributed by atoms with E-state index < -0.39 is 0 Å². The van der Waals surface area contributed by atoms with Crippen LogP contribution in [0.2, 0.25) is 0 Å². The summed E-state index contributed by atoms with van der Waals surface area (Å²) in [4.78, 5) is 2.27. The van der Waals surface area contributed by atoms with Crippen LogP contribution in [0.15, 0.2) is 24.3 Å². The Morgan fingerprint density at radius 3 is 2.71 bits per heavy atom. The van der Waals surface area contributed by atoms with Crippen molar-refractivity contribution in [2.24, 2.45) is 0 Å². The molecular formula is C14H23NO2. The van der Waals surface area contributed by atoms with Crippen LogP contribution in [0.25, 0.3) is 0 Å². The molecule has 0 spiro atoms. The quantitative estimate of drug-likeness (QED) is 0.680. The summed E-state index contributed by atoms with van der Waals surface area (Å²) in [7, 11) is 3.79. The van der Waals surface area contributed by atoms with Crippen LogP contribution in [-0.2, 0) is 11.3 Å². The summed E-state index contributed by atoms with van der Waals surface area (Å²) in [5, 5.41) is 0. The van der Waals surface area contributed by atoms with Crippen LogP contribution in [0.5, 0.6) is 5.75 Å². The van der Waals surface area contributed by atoms with Gasteiger partial charge in [0, 0.05) is 12.6 Å². The van der Waals surface area contributed by atoms with Crippen LogP contribution in [-0.4, -0.2) is 38.3 Å². The van der Waals surface area contributed by atoms with E-state index in [-0.39, 0.29) is 0 Å². The Hall–Kier alpha value is -1.06. The molecule has 0 fully saturated rings. The molecule has 0 aliphatic rings. The SMILES string of the molecule is COc1cccc(COCCN(C)C(C)C)c1. The molecule has 0 radical (unpaired) electrons. The van der Waals surface area contributed by atoms with E-state index >= 15 is 0 Å². The molecule has 0 atom stereocenters. The normalized spacial score (nSPS) is 11.2. The zero-order valence-corrected chi connectivity index (χ0v) is 11.3. The molecule has 0 aliphatic heterocycles. The van der Waals surface area contributed by atoms with Crippen LogP contribution < -0.4 is 4.74 Å². The molecule has 0 saturated heterocycles. The van der Waals surface area contributed by atoms with Crippen molar-refractivity contribution in [1.29, 1.82) is 0 Å². The number of hydrogen-bond acceptors (Lipinski definition) is 3. The van der Waals surface area contributed by atoms with Gasteiger partial charge in [0.15, 0.2) is 0 Å². The molecule has 0 unspecified atom stereocenters. The van der Waals surface area contributed by atoms with Crippen molar-refractivity contribution in [3.8, 4) is 5.75 Å². The Bertz CT molecular complexity index is 326. The fraction of sp³-hybridized carbons (Fsp3) is 0.571. The van der Waals surface area contributed by atoms with Crippen molar-refractivity contribution in [2.45, 2.75) is 26.5 Å². The Labute approximate surface area is 104 Å². The second kappa shape index (κ2) is 7.30. The molecule has 0 amide bonds. The van der Waals surface area contributed by atoms with Crippen molar-refractivity contribution in [3.63, 3.8) is 0 Å². The van der Waals surface area contributed by atoms with Crippen LogP contribution >= 0.6 is 0 Å². The van der Waals surface area contributed by atoms with Gasteiger partial charge in [-0.2, -0.15) is 0 Å². The molecule has 0 aliphatic carbocycles. The fourth-order valence-electron chi connectivity index (χ4n) is 1.42. The van der Waals surface area contributed by atoms with Gasteiger partial charge < -0.3 is 14.4 Å². The second-order valence-electron chi connectivity index (χ2n) is 4.48. The molecule has 1 aromatic carbocycles. The highest BCUT2D eigenvalue weighted by Gasteiger charge is 2.02. The lowest BCUT2D eigenvalue weighted by atomic mass is 10.2. The summed E-state index contributed by atoms with van der Waals surface area (Å²) in [6, 6.07) is 8.55. The summed E-state index contributed by atoms with van der Waals surface area (Å²) < 4.78 is 10.8. The van der Waals surface area contributed by atoms with Crippen molar-refractivity contribution in [3.05, 3.63) is 29.8 Å². The number of rotatable bonds is 7. The smallest absolute Gasteiger partial charge is 0.119 e. The highest BCUT2D eigenvalue weighted by Crippen LogP contribution is 2.13. The molecule has 1 rings (SSSR count).